The third kappa shape index (κ3) is 5.10. The van der Waals surface area contributed by atoms with Crippen LogP contribution >= 0.6 is 0 Å². The van der Waals surface area contributed by atoms with Gasteiger partial charge in [-0.15, -0.1) is 0 Å². The van der Waals surface area contributed by atoms with Crippen molar-refractivity contribution in [1.82, 2.24) is 4.90 Å². The number of rotatable bonds is 6. The van der Waals surface area contributed by atoms with Gasteiger partial charge in [0.15, 0.2) is 6.61 Å². The minimum Gasteiger partial charge on any atom is -0.483 e. The van der Waals surface area contributed by atoms with Crippen LogP contribution in [0.15, 0.2) is 18.2 Å². The van der Waals surface area contributed by atoms with Crippen LogP contribution in [0.2, 0.25) is 0 Å². The van der Waals surface area contributed by atoms with Crippen LogP contribution in [0.4, 0.5) is 0 Å². The molecular formula is C16H23NO4. The number of amides is 1. The van der Waals surface area contributed by atoms with E-state index in [9.17, 15) is 9.59 Å². The molecule has 0 bridgehead atoms. The lowest BCUT2D eigenvalue weighted by Gasteiger charge is -2.25. The van der Waals surface area contributed by atoms with Crippen LogP contribution in [-0.2, 0) is 14.3 Å². The van der Waals surface area contributed by atoms with E-state index in [0.717, 1.165) is 11.1 Å². The van der Waals surface area contributed by atoms with E-state index in [1.54, 1.807) is 0 Å². The molecule has 0 N–H and O–H groups in total. The van der Waals surface area contributed by atoms with Crippen LogP contribution < -0.4 is 4.74 Å². The molecule has 0 unspecified atom stereocenters. The lowest BCUT2D eigenvalue weighted by Crippen LogP contribution is -2.43. The third-order valence-corrected chi connectivity index (χ3v) is 3.17. The first-order chi connectivity index (χ1) is 9.85. The number of carbonyl (C=O) groups is 2. The summed E-state index contributed by atoms with van der Waals surface area (Å²) in [6, 6.07) is 5.73. The summed E-state index contributed by atoms with van der Waals surface area (Å²) in [5.41, 5.74) is 2.04. The number of esters is 1. The fourth-order valence-electron chi connectivity index (χ4n) is 1.85. The highest BCUT2D eigenvalue weighted by molar-refractivity contribution is 5.83. The van der Waals surface area contributed by atoms with Crippen molar-refractivity contribution < 1.29 is 19.1 Å². The Morgan fingerprint density at radius 2 is 1.90 bits per heavy atom. The molecule has 0 radical (unpaired) electrons. The predicted octanol–water partition coefficient (Wildman–Crippen LogP) is 2.09. The number of carbonyl (C=O) groups excluding carboxylic acids is 2. The summed E-state index contributed by atoms with van der Waals surface area (Å²) in [5.74, 6) is 0.00483. The number of methoxy groups -OCH3 is 1. The SMILES string of the molecule is COC(=O)CN(C(=O)COc1cc(C)ccc1C)C(C)C. The molecule has 0 aliphatic carbocycles. The van der Waals surface area contributed by atoms with E-state index in [2.05, 4.69) is 4.74 Å². The van der Waals surface area contributed by atoms with Crippen molar-refractivity contribution in [2.75, 3.05) is 20.3 Å². The van der Waals surface area contributed by atoms with Gasteiger partial charge in [-0.05, 0) is 44.9 Å². The molecule has 0 aliphatic rings. The molecule has 0 saturated heterocycles. The molecule has 116 valence electrons. The van der Waals surface area contributed by atoms with E-state index in [0.29, 0.717) is 5.75 Å². The zero-order chi connectivity index (χ0) is 16.0. The highest BCUT2D eigenvalue weighted by Crippen LogP contribution is 2.19. The molecule has 1 aromatic carbocycles. The molecule has 1 amide bonds. The van der Waals surface area contributed by atoms with Crippen LogP contribution in [0.3, 0.4) is 0 Å². The second-order valence-electron chi connectivity index (χ2n) is 5.25. The van der Waals surface area contributed by atoms with Crippen molar-refractivity contribution in [3.8, 4) is 5.75 Å². The highest BCUT2D eigenvalue weighted by Gasteiger charge is 2.21. The van der Waals surface area contributed by atoms with Crippen LogP contribution in [0.1, 0.15) is 25.0 Å². The number of hydrogen-bond donors (Lipinski definition) is 0. The Labute approximate surface area is 125 Å². The van der Waals surface area contributed by atoms with Gasteiger partial charge in [0.25, 0.3) is 5.91 Å². The molecule has 0 atom stereocenters. The van der Waals surface area contributed by atoms with Crippen molar-refractivity contribution >= 4 is 11.9 Å². The fraction of sp³-hybridized carbons (Fsp3) is 0.500. The topological polar surface area (TPSA) is 55.8 Å². The molecule has 0 saturated carbocycles. The Morgan fingerprint density at radius 1 is 1.24 bits per heavy atom. The lowest BCUT2D eigenvalue weighted by molar-refractivity contribution is -0.149. The van der Waals surface area contributed by atoms with E-state index in [1.807, 2.05) is 45.9 Å². The zero-order valence-electron chi connectivity index (χ0n) is 13.3. The number of nitrogens with zero attached hydrogens (tertiary/aromatic N) is 1. The maximum absolute atomic E-state index is 12.2. The van der Waals surface area contributed by atoms with E-state index in [-0.39, 0.29) is 25.1 Å². The normalized spacial score (nSPS) is 10.4. The minimum atomic E-state index is -0.441. The predicted molar refractivity (Wildman–Crippen MR) is 80.3 cm³/mol. The molecule has 0 aromatic heterocycles. The molecule has 5 nitrogen and oxygen atoms in total. The number of ether oxygens (including phenoxy) is 2. The minimum absolute atomic E-state index is 0.0663. The monoisotopic (exact) mass is 293 g/mol. The summed E-state index contributed by atoms with van der Waals surface area (Å²) >= 11 is 0. The maximum atomic E-state index is 12.2. The first kappa shape index (κ1) is 17.0. The highest BCUT2D eigenvalue weighted by atomic mass is 16.5. The maximum Gasteiger partial charge on any atom is 0.325 e. The largest absolute Gasteiger partial charge is 0.483 e. The van der Waals surface area contributed by atoms with E-state index < -0.39 is 5.97 Å². The van der Waals surface area contributed by atoms with Gasteiger partial charge in [0.1, 0.15) is 12.3 Å². The van der Waals surface area contributed by atoms with Crippen molar-refractivity contribution in [1.29, 1.82) is 0 Å². The molecule has 0 aliphatic heterocycles. The van der Waals surface area contributed by atoms with Gasteiger partial charge in [0, 0.05) is 6.04 Å². The van der Waals surface area contributed by atoms with Gasteiger partial charge >= 0.3 is 5.97 Å². The smallest absolute Gasteiger partial charge is 0.325 e. The average molecular weight is 293 g/mol. The van der Waals surface area contributed by atoms with Gasteiger partial charge in [-0.25, -0.2) is 0 Å². The average Bonchev–Trinajstić information content (AvgIpc) is 2.44. The van der Waals surface area contributed by atoms with Gasteiger partial charge in [-0.1, -0.05) is 12.1 Å². The Balaban J connectivity index is 2.69. The van der Waals surface area contributed by atoms with E-state index in [1.165, 1.54) is 12.0 Å². The van der Waals surface area contributed by atoms with E-state index in [4.69, 9.17) is 4.74 Å². The fourth-order valence-corrected chi connectivity index (χ4v) is 1.85. The summed E-state index contributed by atoms with van der Waals surface area (Å²) in [5, 5.41) is 0. The second kappa shape index (κ2) is 7.67. The lowest BCUT2D eigenvalue weighted by atomic mass is 10.1. The first-order valence-electron chi connectivity index (χ1n) is 6.91. The number of benzene rings is 1. The molecule has 1 rings (SSSR count). The molecule has 1 aromatic rings. The molecule has 0 spiro atoms. The molecule has 21 heavy (non-hydrogen) atoms. The molecule has 5 heteroatoms. The number of hydrogen-bond acceptors (Lipinski definition) is 4. The summed E-state index contributed by atoms with van der Waals surface area (Å²) < 4.78 is 10.2. The standard InChI is InChI=1S/C16H23NO4/c1-11(2)17(9-16(19)20-5)15(18)10-21-14-8-12(3)6-7-13(14)4/h6-8,11H,9-10H2,1-5H3. The van der Waals surface area contributed by atoms with Crippen molar-refractivity contribution in [3.05, 3.63) is 29.3 Å². The first-order valence-corrected chi connectivity index (χ1v) is 6.91. The third-order valence-electron chi connectivity index (χ3n) is 3.17. The number of aryl methyl sites for hydroxylation is 2. The second-order valence-corrected chi connectivity index (χ2v) is 5.25. The Bertz CT molecular complexity index is 511. The van der Waals surface area contributed by atoms with Crippen molar-refractivity contribution in [2.45, 2.75) is 33.7 Å². The van der Waals surface area contributed by atoms with Gasteiger partial charge < -0.3 is 14.4 Å². The van der Waals surface area contributed by atoms with Gasteiger partial charge in [0.2, 0.25) is 0 Å². The Morgan fingerprint density at radius 3 is 2.48 bits per heavy atom. The van der Waals surface area contributed by atoms with Crippen molar-refractivity contribution in [3.63, 3.8) is 0 Å². The van der Waals surface area contributed by atoms with Gasteiger partial charge in [-0.3, -0.25) is 9.59 Å². The Hall–Kier alpha value is -2.04. The zero-order valence-corrected chi connectivity index (χ0v) is 13.3. The molecule has 0 heterocycles. The van der Waals surface area contributed by atoms with Crippen LogP contribution in [-0.4, -0.2) is 43.1 Å². The van der Waals surface area contributed by atoms with Gasteiger partial charge in [-0.2, -0.15) is 0 Å². The summed E-state index contributed by atoms with van der Waals surface area (Å²) in [6.45, 7) is 7.42. The van der Waals surface area contributed by atoms with Crippen LogP contribution in [0.5, 0.6) is 5.75 Å². The van der Waals surface area contributed by atoms with E-state index >= 15 is 0 Å². The molecular weight excluding hydrogens is 270 g/mol. The quantitative estimate of drug-likeness (QED) is 0.754. The summed E-state index contributed by atoms with van der Waals surface area (Å²) in [6.07, 6.45) is 0. The van der Waals surface area contributed by atoms with Crippen molar-refractivity contribution in [2.24, 2.45) is 0 Å². The van der Waals surface area contributed by atoms with Crippen LogP contribution in [0, 0.1) is 13.8 Å². The van der Waals surface area contributed by atoms with Gasteiger partial charge in [0.05, 0.1) is 7.11 Å². The summed E-state index contributed by atoms with van der Waals surface area (Å²) in [4.78, 5) is 25.0. The van der Waals surface area contributed by atoms with Crippen LogP contribution in [0.25, 0.3) is 0 Å². The summed E-state index contributed by atoms with van der Waals surface area (Å²) in [7, 11) is 1.30. The molecule has 0 fully saturated rings. The Kier molecular flexibility index (Phi) is 6.21.